The van der Waals surface area contributed by atoms with Gasteiger partial charge in [0.25, 0.3) is 0 Å². The summed E-state index contributed by atoms with van der Waals surface area (Å²) in [5, 5.41) is 3.98. The average molecular weight is 348 g/mol. The summed E-state index contributed by atoms with van der Waals surface area (Å²) in [6, 6.07) is 2.40. The maximum absolute atomic E-state index is 5.89. The van der Waals surface area contributed by atoms with Crippen LogP contribution in [-0.4, -0.2) is 30.0 Å². The van der Waals surface area contributed by atoms with Gasteiger partial charge >= 0.3 is 0 Å². The van der Waals surface area contributed by atoms with E-state index in [4.69, 9.17) is 21.1 Å². The molecule has 1 aliphatic heterocycles. The minimum absolute atomic E-state index is 0.295. The lowest BCUT2D eigenvalue weighted by molar-refractivity contribution is -0.177. The number of pyridine rings is 1. The van der Waals surface area contributed by atoms with Crippen LogP contribution in [0.4, 0.5) is 5.69 Å². The molecule has 0 atom stereocenters. The van der Waals surface area contributed by atoms with Gasteiger partial charge in [-0.1, -0.05) is 11.6 Å². The fraction of sp³-hybridized carbons (Fsp3) is 0.615. The minimum atomic E-state index is -0.295. The molecule has 0 radical (unpaired) electrons. The van der Waals surface area contributed by atoms with Crippen molar-refractivity contribution in [2.45, 2.75) is 37.5 Å². The van der Waals surface area contributed by atoms with E-state index in [-0.39, 0.29) is 5.79 Å². The van der Waals surface area contributed by atoms with Gasteiger partial charge in [-0.3, -0.25) is 0 Å². The molecule has 1 aromatic rings. The van der Waals surface area contributed by atoms with Gasteiger partial charge in [-0.05, 0) is 34.8 Å². The molecule has 1 aromatic heterocycles. The zero-order chi connectivity index (χ0) is 13.3. The third-order valence-corrected chi connectivity index (χ3v) is 4.86. The second kappa shape index (κ2) is 5.56. The molecule has 2 aliphatic rings. The van der Waals surface area contributed by atoms with E-state index < -0.39 is 0 Å². The van der Waals surface area contributed by atoms with Gasteiger partial charge in [0.2, 0.25) is 0 Å². The molecule has 0 amide bonds. The summed E-state index contributed by atoms with van der Waals surface area (Å²) in [6.45, 7) is 1.46. The van der Waals surface area contributed by atoms with Gasteiger partial charge in [0.05, 0.1) is 29.6 Å². The maximum Gasteiger partial charge on any atom is 0.168 e. The van der Waals surface area contributed by atoms with E-state index in [1.165, 1.54) is 0 Å². The van der Waals surface area contributed by atoms with Crippen molar-refractivity contribution in [3.8, 4) is 0 Å². The molecular formula is C13H16BrClN2O2. The molecule has 104 valence electrons. The van der Waals surface area contributed by atoms with Gasteiger partial charge in [-0.2, -0.15) is 0 Å². The van der Waals surface area contributed by atoms with E-state index >= 15 is 0 Å². The molecule has 2 heterocycles. The molecule has 6 heteroatoms. The lowest BCUT2D eigenvalue weighted by atomic mass is 9.90. The third kappa shape index (κ3) is 3.05. The molecule has 19 heavy (non-hydrogen) atoms. The number of rotatable bonds is 2. The second-order valence-electron chi connectivity index (χ2n) is 5.02. The van der Waals surface area contributed by atoms with Crippen LogP contribution in [0.1, 0.15) is 25.7 Å². The lowest BCUT2D eigenvalue weighted by Crippen LogP contribution is -2.39. The highest BCUT2D eigenvalue weighted by atomic mass is 79.9. The zero-order valence-electron chi connectivity index (χ0n) is 10.5. The van der Waals surface area contributed by atoms with E-state index in [2.05, 4.69) is 26.2 Å². The predicted octanol–water partition coefficient (Wildman–Crippen LogP) is 3.60. The Morgan fingerprint density at radius 2 is 2.00 bits per heavy atom. The van der Waals surface area contributed by atoms with E-state index in [0.29, 0.717) is 11.2 Å². The van der Waals surface area contributed by atoms with Crippen molar-refractivity contribution in [2.24, 2.45) is 0 Å². The van der Waals surface area contributed by atoms with E-state index in [1.54, 1.807) is 6.20 Å². The molecule has 4 nitrogen and oxygen atoms in total. The summed E-state index contributed by atoms with van der Waals surface area (Å²) in [5.41, 5.74) is 0.991. The van der Waals surface area contributed by atoms with Crippen LogP contribution in [0.3, 0.4) is 0 Å². The first-order valence-corrected chi connectivity index (χ1v) is 7.69. The monoisotopic (exact) mass is 346 g/mol. The van der Waals surface area contributed by atoms with Crippen LogP contribution in [0.5, 0.6) is 0 Å². The first kappa shape index (κ1) is 13.6. The van der Waals surface area contributed by atoms with E-state index in [9.17, 15) is 0 Å². The fourth-order valence-electron chi connectivity index (χ4n) is 2.72. The molecule has 1 N–H and O–H groups in total. The van der Waals surface area contributed by atoms with Crippen molar-refractivity contribution < 1.29 is 9.47 Å². The zero-order valence-corrected chi connectivity index (χ0v) is 12.8. The molecule has 3 rings (SSSR count). The molecule has 1 saturated heterocycles. The lowest BCUT2D eigenvalue weighted by Gasteiger charge is -2.35. The molecule has 1 aliphatic carbocycles. The Labute approximate surface area is 126 Å². The molecule has 1 saturated carbocycles. The van der Waals surface area contributed by atoms with Crippen molar-refractivity contribution in [2.75, 3.05) is 18.5 Å². The van der Waals surface area contributed by atoms with Crippen molar-refractivity contribution in [1.82, 2.24) is 4.98 Å². The normalized spacial score (nSPS) is 22.8. The summed E-state index contributed by atoms with van der Waals surface area (Å²) in [6.07, 6.45) is 5.75. The van der Waals surface area contributed by atoms with Crippen molar-refractivity contribution in [3.63, 3.8) is 0 Å². The number of hydrogen-bond donors (Lipinski definition) is 1. The SMILES string of the molecule is Clc1ncc(NC2CCC3(CC2)OCCO3)cc1Br. The maximum atomic E-state index is 5.89. The van der Waals surface area contributed by atoms with Crippen molar-refractivity contribution in [1.29, 1.82) is 0 Å². The van der Waals surface area contributed by atoms with Crippen LogP contribution in [-0.2, 0) is 9.47 Å². The second-order valence-corrected chi connectivity index (χ2v) is 6.24. The van der Waals surface area contributed by atoms with Gasteiger partial charge in [0, 0.05) is 18.9 Å². The number of anilines is 1. The number of ether oxygens (including phenoxy) is 2. The Hall–Kier alpha value is -0.360. The van der Waals surface area contributed by atoms with Gasteiger partial charge in [-0.25, -0.2) is 4.98 Å². The molecule has 1 spiro atoms. The first-order chi connectivity index (χ1) is 9.17. The Morgan fingerprint density at radius 1 is 1.32 bits per heavy atom. The van der Waals surface area contributed by atoms with Crippen LogP contribution < -0.4 is 5.32 Å². The van der Waals surface area contributed by atoms with Crippen LogP contribution in [0.25, 0.3) is 0 Å². The Bertz CT molecular complexity index is 456. The smallest absolute Gasteiger partial charge is 0.168 e. The van der Waals surface area contributed by atoms with Crippen LogP contribution >= 0.6 is 27.5 Å². The molecule has 0 unspecified atom stereocenters. The summed E-state index contributed by atoms with van der Waals surface area (Å²) in [7, 11) is 0. The molecule has 2 fully saturated rings. The number of nitrogens with zero attached hydrogens (tertiary/aromatic N) is 1. The van der Waals surface area contributed by atoms with Gasteiger partial charge in [-0.15, -0.1) is 0 Å². The summed E-state index contributed by atoms with van der Waals surface area (Å²) >= 11 is 9.27. The summed E-state index contributed by atoms with van der Waals surface area (Å²) in [4.78, 5) is 4.12. The first-order valence-electron chi connectivity index (χ1n) is 6.52. The van der Waals surface area contributed by atoms with Crippen LogP contribution in [0, 0.1) is 0 Å². The highest BCUT2D eigenvalue weighted by Crippen LogP contribution is 2.36. The summed E-state index contributed by atoms with van der Waals surface area (Å²) in [5.74, 6) is -0.295. The highest BCUT2D eigenvalue weighted by Gasteiger charge is 2.40. The number of nitrogens with one attached hydrogen (secondary N) is 1. The van der Waals surface area contributed by atoms with Gasteiger partial charge in [0.1, 0.15) is 5.15 Å². The summed E-state index contributed by atoms with van der Waals surface area (Å²) < 4.78 is 12.3. The molecular weight excluding hydrogens is 332 g/mol. The van der Waals surface area contributed by atoms with Gasteiger partial charge in [0.15, 0.2) is 5.79 Å². The number of hydrogen-bond acceptors (Lipinski definition) is 4. The third-order valence-electron chi connectivity index (χ3n) is 3.73. The largest absolute Gasteiger partial charge is 0.381 e. The quantitative estimate of drug-likeness (QED) is 0.830. The minimum Gasteiger partial charge on any atom is -0.381 e. The topological polar surface area (TPSA) is 43.4 Å². The number of aromatic nitrogens is 1. The van der Waals surface area contributed by atoms with E-state index in [1.807, 2.05) is 6.07 Å². The average Bonchev–Trinajstić information content (AvgIpc) is 2.86. The predicted molar refractivity (Wildman–Crippen MR) is 77.5 cm³/mol. The molecule has 0 bridgehead atoms. The number of halogens is 2. The highest BCUT2D eigenvalue weighted by molar-refractivity contribution is 9.10. The standard InChI is InChI=1S/C13H16BrClN2O2/c14-11-7-10(8-16-12(11)15)17-9-1-3-13(4-2-9)18-5-6-19-13/h7-9,17H,1-6H2. The Morgan fingerprint density at radius 3 is 2.63 bits per heavy atom. The fourth-order valence-corrected chi connectivity index (χ4v) is 3.18. The van der Waals surface area contributed by atoms with Crippen molar-refractivity contribution in [3.05, 3.63) is 21.9 Å². The van der Waals surface area contributed by atoms with E-state index in [0.717, 1.165) is 49.1 Å². The van der Waals surface area contributed by atoms with Crippen LogP contribution in [0.2, 0.25) is 5.15 Å². The van der Waals surface area contributed by atoms with Crippen LogP contribution in [0.15, 0.2) is 16.7 Å². The Kier molecular flexibility index (Phi) is 3.98. The van der Waals surface area contributed by atoms with Crippen molar-refractivity contribution >= 4 is 33.2 Å². The van der Waals surface area contributed by atoms with Gasteiger partial charge < -0.3 is 14.8 Å². The molecule has 0 aromatic carbocycles. The Balaban J connectivity index is 1.58.